The van der Waals surface area contributed by atoms with E-state index in [9.17, 15) is 18.0 Å². The molecule has 2 N–H and O–H groups in total. The summed E-state index contributed by atoms with van der Waals surface area (Å²) in [6, 6.07) is 20.5. The molecule has 33 heavy (non-hydrogen) atoms. The standard InChI is InChI=1S/C25H25N3O4S/c1-17-13-20-8-3-4-12-24(20)28(17)33(31,32)23-11-6-9-21(15-23)25(30)26-16-19-7-5-10-22(14-19)27-18(2)29/h3-12,14-15,17H,13,16H2,1-2H3,(H,26,30)(H,27,29). The molecule has 8 heteroatoms. The van der Waals surface area contributed by atoms with Gasteiger partial charge in [-0.1, -0.05) is 36.4 Å². The molecule has 0 spiro atoms. The van der Waals surface area contributed by atoms with Crippen molar-refractivity contribution in [1.29, 1.82) is 0 Å². The largest absolute Gasteiger partial charge is 0.348 e. The van der Waals surface area contributed by atoms with Crippen LogP contribution < -0.4 is 14.9 Å². The van der Waals surface area contributed by atoms with E-state index in [2.05, 4.69) is 10.6 Å². The summed E-state index contributed by atoms with van der Waals surface area (Å²) in [5.74, 6) is -0.559. The lowest BCUT2D eigenvalue weighted by Gasteiger charge is -2.24. The predicted molar refractivity (Wildman–Crippen MR) is 128 cm³/mol. The SMILES string of the molecule is CC(=O)Nc1cccc(CNC(=O)c2cccc(S(=O)(=O)N3c4ccccc4CC3C)c2)c1. The number of hydrogen-bond acceptors (Lipinski definition) is 4. The predicted octanol–water partition coefficient (Wildman–Crippen LogP) is 3.71. The Morgan fingerprint density at radius 2 is 1.76 bits per heavy atom. The van der Waals surface area contributed by atoms with E-state index in [1.165, 1.54) is 23.4 Å². The van der Waals surface area contributed by atoms with Gasteiger partial charge in [-0.2, -0.15) is 0 Å². The van der Waals surface area contributed by atoms with Crippen molar-refractivity contribution in [2.75, 3.05) is 9.62 Å². The van der Waals surface area contributed by atoms with Crippen LogP contribution >= 0.6 is 0 Å². The van der Waals surface area contributed by atoms with Crippen LogP contribution in [0.4, 0.5) is 11.4 Å². The Labute approximate surface area is 193 Å². The molecule has 3 aromatic rings. The van der Waals surface area contributed by atoms with Crippen LogP contribution in [-0.2, 0) is 27.8 Å². The average Bonchev–Trinajstić information content (AvgIpc) is 3.13. The second kappa shape index (κ2) is 9.07. The maximum absolute atomic E-state index is 13.4. The lowest BCUT2D eigenvalue weighted by atomic mass is 10.1. The van der Waals surface area contributed by atoms with E-state index in [4.69, 9.17) is 0 Å². The molecule has 0 radical (unpaired) electrons. The number of benzene rings is 3. The Hall–Kier alpha value is -3.65. The quantitative estimate of drug-likeness (QED) is 0.583. The first kappa shape index (κ1) is 22.5. The van der Waals surface area contributed by atoms with Gasteiger partial charge in [0.05, 0.1) is 10.6 Å². The van der Waals surface area contributed by atoms with Crippen LogP contribution in [0.1, 0.15) is 35.3 Å². The summed E-state index contributed by atoms with van der Waals surface area (Å²) in [6.45, 7) is 3.54. The van der Waals surface area contributed by atoms with Crippen LogP contribution in [0.2, 0.25) is 0 Å². The maximum atomic E-state index is 13.4. The van der Waals surface area contributed by atoms with Crippen LogP contribution in [0, 0.1) is 0 Å². The topological polar surface area (TPSA) is 95.6 Å². The molecule has 0 fully saturated rings. The number of nitrogens with zero attached hydrogens (tertiary/aromatic N) is 1. The molecule has 2 amide bonds. The van der Waals surface area contributed by atoms with Gasteiger partial charge in [-0.05, 0) is 60.9 Å². The Bertz CT molecular complexity index is 1320. The van der Waals surface area contributed by atoms with E-state index in [0.717, 1.165) is 11.1 Å². The second-order valence-electron chi connectivity index (χ2n) is 8.07. The van der Waals surface area contributed by atoms with Crippen molar-refractivity contribution in [3.8, 4) is 0 Å². The van der Waals surface area contributed by atoms with Crippen molar-refractivity contribution in [2.24, 2.45) is 0 Å². The minimum absolute atomic E-state index is 0.0753. The number of hydrogen-bond donors (Lipinski definition) is 2. The van der Waals surface area contributed by atoms with Crippen LogP contribution in [0.5, 0.6) is 0 Å². The van der Waals surface area contributed by atoms with Crippen molar-refractivity contribution < 1.29 is 18.0 Å². The molecule has 1 atom stereocenters. The third-order valence-corrected chi connectivity index (χ3v) is 7.42. The van der Waals surface area contributed by atoms with E-state index in [-0.39, 0.29) is 34.9 Å². The summed E-state index contributed by atoms with van der Waals surface area (Å²) in [6.07, 6.45) is 0.646. The molecule has 1 aliphatic heterocycles. The fourth-order valence-corrected chi connectivity index (χ4v) is 5.80. The van der Waals surface area contributed by atoms with Crippen LogP contribution in [0.3, 0.4) is 0 Å². The second-order valence-corrected chi connectivity index (χ2v) is 9.89. The lowest BCUT2D eigenvalue weighted by molar-refractivity contribution is -0.114. The first-order chi connectivity index (χ1) is 15.8. The normalized spacial score (nSPS) is 15.1. The molecule has 3 aromatic carbocycles. The smallest absolute Gasteiger partial charge is 0.264 e. The van der Waals surface area contributed by atoms with E-state index in [1.54, 1.807) is 30.3 Å². The van der Waals surface area contributed by atoms with E-state index in [0.29, 0.717) is 17.8 Å². The van der Waals surface area contributed by atoms with Gasteiger partial charge in [0.1, 0.15) is 0 Å². The summed E-state index contributed by atoms with van der Waals surface area (Å²) < 4.78 is 28.3. The zero-order valence-electron chi connectivity index (χ0n) is 18.4. The highest BCUT2D eigenvalue weighted by Gasteiger charge is 2.36. The molecule has 0 aromatic heterocycles. The Kier molecular flexibility index (Phi) is 6.20. The highest BCUT2D eigenvalue weighted by atomic mass is 32.2. The molecule has 0 bridgehead atoms. The number of rotatable bonds is 6. The molecule has 4 rings (SSSR count). The van der Waals surface area contributed by atoms with Crippen molar-refractivity contribution in [1.82, 2.24) is 5.32 Å². The number of carbonyl (C=O) groups is 2. The van der Waals surface area contributed by atoms with Gasteiger partial charge < -0.3 is 10.6 Å². The number of fused-ring (bicyclic) bond motifs is 1. The molecule has 1 unspecified atom stereocenters. The minimum atomic E-state index is -3.83. The number of amides is 2. The van der Waals surface area contributed by atoms with Crippen molar-refractivity contribution in [3.05, 3.63) is 89.5 Å². The van der Waals surface area contributed by atoms with Gasteiger partial charge >= 0.3 is 0 Å². The van der Waals surface area contributed by atoms with E-state index in [1.807, 2.05) is 37.3 Å². The number of para-hydroxylation sites is 1. The summed E-state index contributed by atoms with van der Waals surface area (Å²) in [5.41, 5.74) is 3.38. The zero-order chi connectivity index (χ0) is 23.6. The zero-order valence-corrected chi connectivity index (χ0v) is 19.2. The number of carbonyl (C=O) groups excluding carboxylic acids is 2. The van der Waals surface area contributed by atoms with Gasteiger partial charge in [0.25, 0.3) is 15.9 Å². The first-order valence-corrected chi connectivity index (χ1v) is 12.1. The Morgan fingerprint density at radius 1 is 1.00 bits per heavy atom. The number of nitrogens with one attached hydrogen (secondary N) is 2. The van der Waals surface area contributed by atoms with Crippen LogP contribution in [0.25, 0.3) is 0 Å². The van der Waals surface area contributed by atoms with Gasteiger partial charge in [0.15, 0.2) is 0 Å². The molecule has 1 aliphatic rings. The number of sulfonamides is 1. The van der Waals surface area contributed by atoms with Crippen molar-refractivity contribution in [2.45, 2.75) is 37.8 Å². The molecule has 7 nitrogen and oxygen atoms in total. The first-order valence-electron chi connectivity index (χ1n) is 10.6. The maximum Gasteiger partial charge on any atom is 0.264 e. The van der Waals surface area contributed by atoms with Gasteiger partial charge in [0, 0.05) is 30.8 Å². The monoisotopic (exact) mass is 463 g/mol. The van der Waals surface area contributed by atoms with Gasteiger partial charge in [-0.15, -0.1) is 0 Å². The fraction of sp³-hybridized carbons (Fsp3) is 0.200. The van der Waals surface area contributed by atoms with Crippen LogP contribution in [0.15, 0.2) is 77.7 Å². The molecule has 0 aliphatic carbocycles. The van der Waals surface area contributed by atoms with E-state index >= 15 is 0 Å². The number of anilines is 2. The summed E-state index contributed by atoms with van der Waals surface area (Å²) in [7, 11) is -3.83. The van der Waals surface area contributed by atoms with Gasteiger partial charge in [0.2, 0.25) is 5.91 Å². The third kappa shape index (κ3) is 4.75. The Balaban J connectivity index is 1.52. The highest BCUT2D eigenvalue weighted by molar-refractivity contribution is 7.92. The average molecular weight is 464 g/mol. The third-order valence-electron chi connectivity index (χ3n) is 5.50. The molecule has 0 saturated carbocycles. The minimum Gasteiger partial charge on any atom is -0.348 e. The van der Waals surface area contributed by atoms with Crippen LogP contribution in [-0.4, -0.2) is 26.3 Å². The summed E-state index contributed by atoms with van der Waals surface area (Å²) >= 11 is 0. The van der Waals surface area contributed by atoms with Crippen molar-refractivity contribution >= 4 is 33.2 Å². The Morgan fingerprint density at radius 3 is 2.55 bits per heavy atom. The molecule has 0 saturated heterocycles. The summed E-state index contributed by atoms with van der Waals surface area (Å²) in [5, 5.41) is 5.51. The van der Waals surface area contributed by atoms with E-state index < -0.39 is 10.0 Å². The summed E-state index contributed by atoms with van der Waals surface area (Å²) in [4.78, 5) is 24.1. The molecule has 1 heterocycles. The van der Waals surface area contributed by atoms with Gasteiger partial charge in [-0.3, -0.25) is 13.9 Å². The molecular weight excluding hydrogens is 438 g/mol. The lowest BCUT2D eigenvalue weighted by Crippen LogP contribution is -2.35. The van der Waals surface area contributed by atoms with Crippen molar-refractivity contribution in [3.63, 3.8) is 0 Å². The highest BCUT2D eigenvalue weighted by Crippen LogP contribution is 2.36. The molecule has 170 valence electrons. The fourth-order valence-electron chi connectivity index (χ4n) is 4.06. The van der Waals surface area contributed by atoms with Gasteiger partial charge in [-0.25, -0.2) is 8.42 Å². The molecular formula is C25H25N3O4S.